The van der Waals surface area contributed by atoms with Crippen molar-refractivity contribution in [1.82, 2.24) is 14.8 Å². The lowest BCUT2D eigenvalue weighted by Crippen LogP contribution is -2.03. The molecule has 196 valence electrons. The van der Waals surface area contributed by atoms with Gasteiger partial charge >= 0.3 is 11.9 Å². The summed E-state index contributed by atoms with van der Waals surface area (Å²) >= 11 is 6.87. The lowest BCUT2D eigenvalue weighted by Gasteiger charge is -2.10. The number of hydrogen-bond acceptors (Lipinski definition) is 8. The van der Waals surface area contributed by atoms with Crippen molar-refractivity contribution in [2.24, 2.45) is 0 Å². The first-order chi connectivity index (χ1) is 18.2. The molecule has 0 aliphatic carbocycles. The van der Waals surface area contributed by atoms with Gasteiger partial charge < -0.3 is 28.7 Å². The number of hydrogen-bond donors (Lipinski definition) is 2. The maximum atomic E-state index is 12.1. The van der Waals surface area contributed by atoms with E-state index in [4.69, 9.17) is 25.5 Å². The quantitative estimate of drug-likeness (QED) is 0.182. The summed E-state index contributed by atoms with van der Waals surface area (Å²) in [5.41, 5.74) is 1.12. The Morgan fingerprint density at radius 1 is 1.03 bits per heavy atom. The van der Waals surface area contributed by atoms with Crippen molar-refractivity contribution in [3.8, 4) is 34.2 Å². The van der Waals surface area contributed by atoms with E-state index in [1.165, 1.54) is 18.2 Å². The number of halogens is 1. The highest BCUT2D eigenvalue weighted by atomic mass is 35.5. The third kappa shape index (κ3) is 5.68. The first-order valence-electron chi connectivity index (χ1n) is 11.2. The van der Waals surface area contributed by atoms with Crippen molar-refractivity contribution in [3.05, 3.63) is 69.8 Å². The van der Waals surface area contributed by atoms with Crippen LogP contribution in [0.3, 0.4) is 0 Å². The Labute approximate surface area is 226 Å². The normalized spacial score (nSPS) is 11.4. The Morgan fingerprint density at radius 2 is 1.74 bits per heavy atom. The lowest BCUT2D eigenvalue weighted by molar-refractivity contribution is -0.131. The molecule has 0 bridgehead atoms. The fraction of sp³-hybridized carbons (Fsp3) is 0.154. The van der Waals surface area contributed by atoms with Crippen LogP contribution in [0.25, 0.3) is 28.8 Å². The van der Waals surface area contributed by atoms with Crippen molar-refractivity contribution < 1.29 is 33.7 Å². The van der Waals surface area contributed by atoms with E-state index in [2.05, 4.69) is 10.2 Å². The molecule has 4 aromatic rings. The first-order valence-corrected chi connectivity index (χ1v) is 12.4. The third-order valence-electron chi connectivity index (χ3n) is 5.44. The molecular formula is C26H22ClN3O7S. The fourth-order valence-electron chi connectivity index (χ4n) is 3.59. The van der Waals surface area contributed by atoms with Crippen LogP contribution in [0.4, 0.5) is 0 Å². The fourth-order valence-corrected chi connectivity index (χ4v) is 4.65. The Morgan fingerprint density at radius 3 is 2.34 bits per heavy atom. The summed E-state index contributed by atoms with van der Waals surface area (Å²) in [5, 5.41) is 28.2. The second-order valence-electron chi connectivity index (χ2n) is 7.77. The van der Waals surface area contributed by atoms with Crippen LogP contribution in [0.5, 0.6) is 11.5 Å². The predicted molar refractivity (Wildman–Crippen MR) is 142 cm³/mol. The Balaban J connectivity index is 1.65. The molecule has 0 unspecified atom stereocenters. The molecule has 4 rings (SSSR count). The van der Waals surface area contributed by atoms with E-state index in [1.54, 1.807) is 55.2 Å². The van der Waals surface area contributed by atoms with Crippen LogP contribution in [0.1, 0.15) is 23.0 Å². The molecule has 0 amide bonds. The van der Waals surface area contributed by atoms with Gasteiger partial charge in [0.1, 0.15) is 27.9 Å². The minimum Gasteiger partial charge on any atom is -0.497 e. The van der Waals surface area contributed by atoms with E-state index in [0.717, 1.165) is 11.8 Å². The number of methoxy groups -OCH3 is 2. The molecule has 0 fully saturated rings. The van der Waals surface area contributed by atoms with Gasteiger partial charge in [-0.15, -0.1) is 10.2 Å². The zero-order valence-corrected chi connectivity index (χ0v) is 22.0. The number of nitrogens with zero attached hydrogens (tertiary/aromatic N) is 3. The van der Waals surface area contributed by atoms with Crippen LogP contribution in [0.15, 0.2) is 63.0 Å². The summed E-state index contributed by atoms with van der Waals surface area (Å²) in [5.74, 6) is -0.0460. The van der Waals surface area contributed by atoms with Crippen molar-refractivity contribution >= 4 is 41.4 Å². The van der Waals surface area contributed by atoms with Crippen molar-refractivity contribution in [2.45, 2.75) is 18.6 Å². The predicted octanol–water partition coefficient (Wildman–Crippen LogP) is 5.81. The van der Waals surface area contributed by atoms with Crippen molar-refractivity contribution in [2.75, 3.05) is 14.2 Å². The first kappa shape index (κ1) is 26.8. The second kappa shape index (κ2) is 11.4. The third-order valence-corrected chi connectivity index (χ3v) is 6.76. The molecule has 2 aromatic heterocycles. The highest BCUT2D eigenvalue weighted by Gasteiger charge is 2.20. The van der Waals surface area contributed by atoms with Crippen LogP contribution in [-0.4, -0.2) is 51.1 Å². The zero-order chi connectivity index (χ0) is 27.4. The summed E-state index contributed by atoms with van der Waals surface area (Å²) in [6.45, 7) is 2.37. The van der Waals surface area contributed by atoms with Crippen LogP contribution < -0.4 is 9.47 Å². The number of carbonyl (C=O) groups is 2. The monoisotopic (exact) mass is 555 g/mol. The molecule has 12 heteroatoms. The molecule has 0 aliphatic rings. The summed E-state index contributed by atoms with van der Waals surface area (Å²) in [6.07, 6.45) is 1.37. The van der Waals surface area contributed by atoms with Gasteiger partial charge in [0.15, 0.2) is 11.0 Å². The summed E-state index contributed by atoms with van der Waals surface area (Å²) < 4.78 is 18.3. The highest BCUT2D eigenvalue weighted by molar-refractivity contribution is 8.04. The maximum Gasteiger partial charge on any atom is 0.342 e. The standard InChI is InChI=1S/C26H22ClN3O7S/c1-4-30-23(15-9-17(35-2)12-18(10-15)36-3)28-29-26(30)38-22(25(33)34)13-16-6-8-21(37-16)14-5-7-20(27)19(11-14)24(31)32/h5-13H,4H2,1-3H3,(H,31,32)(H,33,34)/b22-13-. The molecule has 0 spiro atoms. The highest BCUT2D eigenvalue weighted by Crippen LogP contribution is 2.34. The molecule has 0 saturated carbocycles. The van der Waals surface area contributed by atoms with Gasteiger partial charge in [-0.05, 0) is 61.2 Å². The van der Waals surface area contributed by atoms with Gasteiger partial charge in [-0.2, -0.15) is 0 Å². The number of benzene rings is 2. The smallest absolute Gasteiger partial charge is 0.342 e. The SMILES string of the molecule is CCn1c(S/C(=C\c2ccc(-c3ccc(Cl)c(C(=O)O)c3)o2)C(=O)O)nnc1-c1cc(OC)cc(OC)c1. The summed E-state index contributed by atoms with van der Waals surface area (Å²) in [7, 11) is 3.10. The molecule has 0 atom stereocenters. The van der Waals surface area contributed by atoms with E-state index in [0.29, 0.717) is 45.9 Å². The Hall–Kier alpha value is -4.22. The topological polar surface area (TPSA) is 137 Å². The molecule has 38 heavy (non-hydrogen) atoms. The van der Waals surface area contributed by atoms with Gasteiger partial charge in [-0.25, -0.2) is 9.59 Å². The molecule has 0 aliphatic heterocycles. The van der Waals surface area contributed by atoms with E-state index in [-0.39, 0.29) is 21.3 Å². The average Bonchev–Trinajstić information content (AvgIpc) is 3.54. The molecular weight excluding hydrogens is 534 g/mol. The molecule has 2 aromatic carbocycles. The van der Waals surface area contributed by atoms with Crippen LogP contribution in [-0.2, 0) is 11.3 Å². The van der Waals surface area contributed by atoms with Crippen molar-refractivity contribution in [3.63, 3.8) is 0 Å². The van der Waals surface area contributed by atoms with E-state index < -0.39 is 11.9 Å². The average molecular weight is 556 g/mol. The molecule has 2 N–H and O–H groups in total. The van der Waals surface area contributed by atoms with Gasteiger partial charge in [-0.1, -0.05) is 11.6 Å². The minimum absolute atomic E-state index is 0.0508. The Bertz CT molecular complexity index is 1520. The van der Waals surface area contributed by atoms with Crippen molar-refractivity contribution in [1.29, 1.82) is 0 Å². The number of aromatic nitrogens is 3. The van der Waals surface area contributed by atoms with Crippen LogP contribution in [0.2, 0.25) is 5.02 Å². The number of rotatable bonds is 10. The van der Waals surface area contributed by atoms with Gasteiger partial charge in [0.25, 0.3) is 0 Å². The molecule has 0 saturated heterocycles. The summed E-state index contributed by atoms with van der Waals surface area (Å²) in [6, 6.07) is 13.0. The van der Waals surface area contributed by atoms with E-state index in [1.807, 2.05) is 6.92 Å². The van der Waals surface area contributed by atoms with Gasteiger partial charge in [-0.3, -0.25) is 0 Å². The number of thioether (sulfide) groups is 1. The van der Waals surface area contributed by atoms with Crippen LogP contribution in [0, 0.1) is 0 Å². The minimum atomic E-state index is -1.18. The van der Waals surface area contributed by atoms with Gasteiger partial charge in [0.2, 0.25) is 0 Å². The molecule has 0 radical (unpaired) electrons. The summed E-state index contributed by atoms with van der Waals surface area (Å²) in [4.78, 5) is 23.4. The zero-order valence-electron chi connectivity index (χ0n) is 20.5. The number of carboxylic acid groups (broad SMARTS) is 2. The van der Waals surface area contributed by atoms with Gasteiger partial charge in [0.05, 0.1) is 24.8 Å². The van der Waals surface area contributed by atoms with E-state index in [9.17, 15) is 19.8 Å². The second-order valence-corrected chi connectivity index (χ2v) is 9.19. The lowest BCUT2D eigenvalue weighted by atomic mass is 10.1. The number of ether oxygens (including phenoxy) is 2. The number of aromatic carboxylic acids is 1. The number of aliphatic carboxylic acids is 1. The Kier molecular flexibility index (Phi) is 8.08. The van der Waals surface area contributed by atoms with E-state index >= 15 is 0 Å². The van der Waals surface area contributed by atoms with Crippen LogP contribution >= 0.6 is 23.4 Å². The molecule has 2 heterocycles. The van der Waals surface area contributed by atoms with Gasteiger partial charge in [0, 0.05) is 29.8 Å². The largest absolute Gasteiger partial charge is 0.497 e. The number of carboxylic acids is 2. The number of furan rings is 1. The maximum absolute atomic E-state index is 12.1. The molecule has 10 nitrogen and oxygen atoms in total.